The molecule has 0 amide bonds. The fourth-order valence-corrected chi connectivity index (χ4v) is 2.17. The number of carboxylic acids is 2. The number of ketones is 1. The van der Waals surface area contributed by atoms with E-state index in [0.717, 1.165) is 38.5 Å². The number of aliphatic carboxylic acids is 2. The summed E-state index contributed by atoms with van der Waals surface area (Å²) in [6.07, 6.45) is 0. The van der Waals surface area contributed by atoms with Gasteiger partial charge in [0, 0.05) is 38.3 Å². The minimum atomic E-state index is -1.82. The standard InChI is InChI=1S/C15H22N2O2.C2H2O4/c1-13(18)14-4-3-5-15(12-14)19-11-10-17-8-6-16(2)7-9-17;3-1(4)2(5)6/h3-5,12H,6-11H2,1-2H3;(H,3,4)(H,5,6). The van der Waals surface area contributed by atoms with Crippen molar-refractivity contribution in [3.63, 3.8) is 0 Å². The molecule has 1 fully saturated rings. The predicted octanol–water partition coefficient (Wildman–Crippen LogP) is 0.671. The van der Waals surface area contributed by atoms with Gasteiger partial charge in [-0.25, -0.2) is 9.59 Å². The van der Waals surface area contributed by atoms with Crippen LogP contribution in [0.5, 0.6) is 5.75 Å². The molecule has 0 radical (unpaired) electrons. The molecule has 0 atom stereocenters. The first kappa shape index (κ1) is 20.6. The lowest BCUT2D eigenvalue weighted by Crippen LogP contribution is -2.45. The molecule has 0 saturated carbocycles. The number of hydrogen-bond donors (Lipinski definition) is 2. The lowest BCUT2D eigenvalue weighted by molar-refractivity contribution is -0.159. The lowest BCUT2D eigenvalue weighted by Gasteiger charge is -2.32. The summed E-state index contributed by atoms with van der Waals surface area (Å²) < 4.78 is 5.72. The molecule has 1 aliphatic heterocycles. The van der Waals surface area contributed by atoms with Crippen LogP contribution in [0.15, 0.2) is 24.3 Å². The first-order chi connectivity index (χ1) is 11.8. The van der Waals surface area contributed by atoms with Crippen molar-refractivity contribution in [1.29, 1.82) is 0 Å². The van der Waals surface area contributed by atoms with Gasteiger partial charge in [-0.1, -0.05) is 12.1 Å². The highest BCUT2D eigenvalue weighted by molar-refractivity contribution is 6.27. The number of carbonyl (C=O) groups excluding carboxylic acids is 1. The highest BCUT2D eigenvalue weighted by Crippen LogP contribution is 2.13. The van der Waals surface area contributed by atoms with Gasteiger partial charge < -0.3 is 19.8 Å². The number of benzene rings is 1. The third-order valence-corrected chi connectivity index (χ3v) is 3.70. The predicted molar refractivity (Wildman–Crippen MR) is 91.2 cm³/mol. The zero-order chi connectivity index (χ0) is 18.8. The molecule has 25 heavy (non-hydrogen) atoms. The quantitative estimate of drug-likeness (QED) is 0.588. The Hall–Kier alpha value is -2.45. The molecular weight excluding hydrogens is 328 g/mol. The van der Waals surface area contributed by atoms with E-state index in [2.05, 4.69) is 16.8 Å². The van der Waals surface area contributed by atoms with Crippen LogP contribution in [0.2, 0.25) is 0 Å². The van der Waals surface area contributed by atoms with Crippen molar-refractivity contribution >= 4 is 17.7 Å². The number of rotatable bonds is 5. The van der Waals surface area contributed by atoms with Gasteiger partial charge in [0.1, 0.15) is 12.4 Å². The van der Waals surface area contributed by atoms with Crippen molar-refractivity contribution in [1.82, 2.24) is 9.80 Å². The fraction of sp³-hybridized carbons (Fsp3) is 0.471. The summed E-state index contributed by atoms with van der Waals surface area (Å²) >= 11 is 0. The number of nitrogens with zero attached hydrogens (tertiary/aromatic N) is 2. The molecule has 1 aromatic rings. The van der Waals surface area contributed by atoms with Crippen molar-refractivity contribution in [2.45, 2.75) is 6.92 Å². The number of piperazine rings is 1. The maximum Gasteiger partial charge on any atom is 0.414 e. The first-order valence-corrected chi connectivity index (χ1v) is 7.90. The van der Waals surface area contributed by atoms with Gasteiger partial charge in [0.2, 0.25) is 0 Å². The molecule has 2 N–H and O–H groups in total. The molecule has 1 aliphatic rings. The van der Waals surface area contributed by atoms with E-state index < -0.39 is 11.9 Å². The van der Waals surface area contributed by atoms with Gasteiger partial charge in [0.25, 0.3) is 0 Å². The van der Waals surface area contributed by atoms with E-state index >= 15 is 0 Å². The number of carbonyl (C=O) groups is 3. The molecule has 8 heteroatoms. The maximum absolute atomic E-state index is 11.3. The summed E-state index contributed by atoms with van der Waals surface area (Å²) in [5.41, 5.74) is 0.706. The van der Waals surface area contributed by atoms with Crippen LogP contribution in [0.25, 0.3) is 0 Å². The van der Waals surface area contributed by atoms with Crippen LogP contribution in [0.3, 0.4) is 0 Å². The maximum atomic E-state index is 11.3. The summed E-state index contributed by atoms with van der Waals surface area (Å²) in [6.45, 7) is 7.65. The molecular formula is C17H24N2O6. The minimum absolute atomic E-state index is 0.0736. The second-order valence-electron chi connectivity index (χ2n) is 5.69. The van der Waals surface area contributed by atoms with Crippen molar-refractivity contribution in [2.24, 2.45) is 0 Å². The molecule has 0 bridgehead atoms. The molecule has 1 saturated heterocycles. The van der Waals surface area contributed by atoms with Crippen LogP contribution in [-0.4, -0.2) is 84.1 Å². The van der Waals surface area contributed by atoms with E-state index in [1.54, 1.807) is 6.92 Å². The van der Waals surface area contributed by atoms with E-state index in [1.165, 1.54) is 0 Å². The first-order valence-electron chi connectivity index (χ1n) is 7.90. The summed E-state index contributed by atoms with van der Waals surface area (Å²) in [7, 11) is 2.15. The zero-order valence-corrected chi connectivity index (χ0v) is 14.5. The second-order valence-corrected chi connectivity index (χ2v) is 5.69. The average molecular weight is 352 g/mol. The Balaban J connectivity index is 0.000000450. The van der Waals surface area contributed by atoms with Gasteiger partial charge in [-0.15, -0.1) is 0 Å². The Morgan fingerprint density at radius 3 is 2.20 bits per heavy atom. The lowest BCUT2D eigenvalue weighted by atomic mass is 10.1. The Kier molecular flexibility index (Phi) is 8.59. The van der Waals surface area contributed by atoms with Crippen LogP contribution in [0, 0.1) is 0 Å². The third kappa shape index (κ3) is 8.27. The summed E-state index contributed by atoms with van der Waals surface area (Å²) in [5, 5.41) is 14.8. The molecule has 1 aromatic carbocycles. The SMILES string of the molecule is CC(=O)c1cccc(OCCN2CCN(C)CC2)c1.O=C(O)C(=O)O. The molecule has 0 unspecified atom stereocenters. The second kappa shape index (κ2) is 10.4. The molecule has 1 heterocycles. The van der Waals surface area contributed by atoms with Crippen LogP contribution in [-0.2, 0) is 9.59 Å². The van der Waals surface area contributed by atoms with E-state index in [4.69, 9.17) is 24.5 Å². The van der Waals surface area contributed by atoms with Crippen molar-refractivity contribution < 1.29 is 29.3 Å². The van der Waals surface area contributed by atoms with Gasteiger partial charge >= 0.3 is 11.9 Å². The van der Waals surface area contributed by atoms with Gasteiger partial charge in [0.05, 0.1) is 0 Å². The van der Waals surface area contributed by atoms with Crippen LogP contribution < -0.4 is 4.74 Å². The monoisotopic (exact) mass is 352 g/mol. The Labute approximate surface area is 146 Å². The van der Waals surface area contributed by atoms with E-state index in [1.807, 2.05) is 24.3 Å². The molecule has 138 valence electrons. The number of ether oxygens (including phenoxy) is 1. The number of carboxylic acid groups (broad SMARTS) is 2. The summed E-state index contributed by atoms with van der Waals surface area (Å²) in [6, 6.07) is 7.39. The molecule has 0 aromatic heterocycles. The number of likely N-dealkylation sites (N-methyl/N-ethyl adjacent to an activating group) is 1. The van der Waals surface area contributed by atoms with Crippen LogP contribution >= 0.6 is 0 Å². The Morgan fingerprint density at radius 1 is 1.08 bits per heavy atom. The summed E-state index contributed by atoms with van der Waals surface area (Å²) in [5.74, 6) is -2.80. The van der Waals surface area contributed by atoms with Crippen LogP contribution in [0.4, 0.5) is 0 Å². The molecule has 0 spiro atoms. The van der Waals surface area contributed by atoms with Gasteiger partial charge in [0.15, 0.2) is 5.78 Å². The van der Waals surface area contributed by atoms with E-state index in [-0.39, 0.29) is 5.78 Å². The average Bonchev–Trinajstić information content (AvgIpc) is 2.57. The highest BCUT2D eigenvalue weighted by atomic mass is 16.5. The molecule has 2 rings (SSSR count). The molecule has 0 aliphatic carbocycles. The molecule has 8 nitrogen and oxygen atoms in total. The summed E-state index contributed by atoms with van der Waals surface area (Å²) in [4.78, 5) is 34.2. The van der Waals surface area contributed by atoms with Gasteiger partial charge in [-0.2, -0.15) is 0 Å². The largest absolute Gasteiger partial charge is 0.492 e. The van der Waals surface area contributed by atoms with E-state index in [0.29, 0.717) is 12.2 Å². The minimum Gasteiger partial charge on any atom is -0.492 e. The van der Waals surface area contributed by atoms with E-state index in [9.17, 15) is 4.79 Å². The van der Waals surface area contributed by atoms with Crippen molar-refractivity contribution in [3.05, 3.63) is 29.8 Å². The van der Waals surface area contributed by atoms with Crippen LogP contribution in [0.1, 0.15) is 17.3 Å². The third-order valence-electron chi connectivity index (χ3n) is 3.70. The zero-order valence-electron chi connectivity index (χ0n) is 14.5. The Bertz CT molecular complexity index is 585. The van der Waals surface area contributed by atoms with Crippen molar-refractivity contribution in [2.75, 3.05) is 46.4 Å². The number of hydrogen-bond acceptors (Lipinski definition) is 6. The van der Waals surface area contributed by atoms with Gasteiger partial charge in [-0.05, 0) is 26.1 Å². The van der Waals surface area contributed by atoms with Crippen molar-refractivity contribution in [3.8, 4) is 5.75 Å². The topological polar surface area (TPSA) is 107 Å². The highest BCUT2D eigenvalue weighted by Gasteiger charge is 2.13. The Morgan fingerprint density at radius 2 is 1.68 bits per heavy atom. The smallest absolute Gasteiger partial charge is 0.414 e. The van der Waals surface area contributed by atoms with Gasteiger partial charge in [-0.3, -0.25) is 9.69 Å². The number of Topliss-reactive ketones (excluding diaryl/α,β-unsaturated/α-hetero) is 1. The normalized spacial score (nSPS) is 15.0. The fourth-order valence-electron chi connectivity index (χ4n) is 2.17.